The zero-order valence-corrected chi connectivity index (χ0v) is 20.9. The minimum Gasteiger partial charge on any atom is -0.493 e. The summed E-state index contributed by atoms with van der Waals surface area (Å²) in [7, 11) is 1.43. The molecule has 8 nitrogen and oxygen atoms in total. The third kappa shape index (κ3) is 5.29. The highest BCUT2D eigenvalue weighted by atomic mass is 32.2. The highest BCUT2D eigenvalue weighted by Gasteiger charge is 2.35. The number of carbonyl (C=O) groups is 2. The lowest BCUT2D eigenvalue weighted by atomic mass is 10.1. The van der Waals surface area contributed by atoms with Crippen LogP contribution in [-0.4, -0.2) is 33.1 Å². The second-order valence-corrected chi connectivity index (χ2v) is 9.42. The number of carbonyl (C=O) groups excluding carboxylic acids is 2. The number of hydrogen-bond donors (Lipinski definition) is 0. The number of thioether (sulfide) groups is 1. The number of amides is 1. The Labute approximate surface area is 216 Å². The Balaban J connectivity index is 1.52. The van der Waals surface area contributed by atoms with Crippen molar-refractivity contribution in [2.75, 3.05) is 7.11 Å². The van der Waals surface area contributed by atoms with Crippen LogP contribution in [0.4, 0.5) is 5.69 Å². The van der Waals surface area contributed by atoms with E-state index in [-0.39, 0.29) is 34.7 Å². The lowest BCUT2D eigenvalue weighted by Crippen LogP contribution is -2.30. The molecule has 1 aliphatic heterocycles. The van der Waals surface area contributed by atoms with Gasteiger partial charge in [0.1, 0.15) is 4.32 Å². The van der Waals surface area contributed by atoms with Crippen molar-refractivity contribution in [1.29, 1.82) is 0 Å². The molecule has 1 unspecified atom stereocenters. The average Bonchev–Trinajstić information content (AvgIpc) is 3.17. The summed E-state index contributed by atoms with van der Waals surface area (Å²) in [5, 5.41) is 10.8. The summed E-state index contributed by atoms with van der Waals surface area (Å²) < 4.78 is 11.3. The first kappa shape index (κ1) is 25.1. The number of esters is 1. The minimum atomic E-state index is -0.688. The van der Waals surface area contributed by atoms with Gasteiger partial charge in [0.2, 0.25) is 0 Å². The number of benzene rings is 3. The summed E-state index contributed by atoms with van der Waals surface area (Å²) in [6.07, 6.45) is 1.71. The number of hydrogen-bond acceptors (Lipinski definition) is 8. The van der Waals surface area contributed by atoms with Crippen LogP contribution in [-0.2, 0) is 4.79 Å². The Kier molecular flexibility index (Phi) is 7.47. The van der Waals surface area contributed by atoms with Gasteiger partial charge >= 0.3 is 5.97 Å². The first-order chi connectivity index (χ1) is 17.3. The molecule has 0 spiro atoms. The van der Waals surface area contributed by atoms with Crippen LogP contribution in [0.25, 0.3) is 6.08 Å². The van der Waals surface area contributed by atoms with Gasteiger partial charge in [0.05, 0.1) is 28.5 Å². The third-order valence-electron chi connectivity index (χ3n) is 5.49. The molecule has 4 rings (SSSR count). The van der Waals surface area contributed by atoms with E-state index in [0.29, 0.717) is 14.8 Å². The zero-order valence-electron chi connectivity index (χ0n) is 19.2. The summed E-state index contributed by atoms with van der Waals surface area (Å²) >= 11 is 6.70. The summed E-state index contributed by atoms with van der Waals surface area (Å²) in [5.74, 6) is -0.420. The van der Waals surface area contributed by atoms with E-state index < -0.39 is 10.9 Å². The monoisotopic (exact) mass is 520 g/mol. The van der Waals surface area contributed by atoms with Gasteiger partial charge < -0.3 is 9.47 Å². The van der Waals surface area contributed by atoms with Crippen molar-refractivity contribution in [1.82, 2.24) is 4.90 Å². The van der Waals surface area contributed by atoms with Crippen LogP contribution in [0, 0.1) is 10.1 Å². The normalized spacial score (nSPS) is 15.2. The Bertz CT molecular complexity index is 1370. The largest absolute Gasteiger partial charge is 0.493 e. The van der Waals surface area contributed by atoms with Crippen molar-refractivity contribution < 1.29 is 24.0 Å². The topological polar surface area (TPSA) is 99.0 Å². The molecular formula is C26H20N2O6S2. The maximum Gasteiger partial charge on any atom is 0.343 e. The molecule has 0 bridgehead atoms. The van der Waals surface area contributed by atoms with Gasteiger partial charge in [-0.25, -0.2) is 4.79 Å². The van der Waals surface area contributed by atoms with Crippen LogP contribution < -0.4 is 9.47 Å². The van der Waals surface area contributed by atoms with Crippen LogP contribution in [0.3, 0.4) is 0 Å². The van der Waals surface area contributed by atoms with E-state index in [1.807, 2.05) is 37.3 Å². The number of nitrogens with zero attached hydrogens (tertiary/aromatic N) is 2. The van der Waals surface area contributed by atoms with Gasteiger partial charge in [-0.05, 0) is 48.4 Å². The van der Waals surface area contributed by atoms with Gasteiger partial charge in [0.25, 0.3) is 11.6 Å². The van der Waals surface area contributed by atoms with E-state index >= 15 is 0 Å². The SMILES string of the molecule is COc1cc(/C=C2/SC(=S)N(C(C)c3ccccc3)C2=O)ccc1OC(=O)c1ccc([N+](=O)[O-])cc1. The molecule has 1 aliphatic rings. The average molecular weight is 521 g/mol. The molecule has 0 saturated carbocycles. The first-order valence-electron chi connectivity index (χ1n) is 10.7. The highest BCUT2D eigenvalue weighted by molar-refractivity contribution is 8.26. The second-order valence-electron chi connectivity index (χ2n) is 7.74. The molecule has 1 heterocycles. The van der Waals surface area contributed by atoms with Crippen LogP contribution in [0.1, 0.15) is 34.5 Å². The Morgan fingerprint density at radius 2 is 1.78 bits per heavy atom. The molecule has 0 aliphatic carbocycles. The molecule has 1 fully saturated rings. The number of methoxy groups -OCH3 is 1. The third-order valence-corrected chi connectivity index (χ3v) is 6.83. The van der Waals surface area contributed by atoms with Crippen molar-refractivity contribution in [2.24, 2.45) is 0 Å². The lowest BCUT2D eigenvalue weighted by Gasteiger charge is -2.23. The molecule has 0 aromatic heterocycles. The fourth-order valence-corrected chi connectivity index (χ4v) is 5.00. The fourth-order valence-electron chi connectivity index (χ4n) is 3.58. The number of thiocarbonyl (C=S) groups is 1. The smallest absolute Gasteiger partial charge is 0.343 e. The molecule has 3 aromatic rings. The maximum atomic E-state index is 13.1. The molecular weight excluding hydrogens is 500 g/mol. The van der Waals surface area contributed by atoms with Gasteiger partial charge in [-0.2, -0.15) is 0 Å². The lowest BCUT2D eigenvalue weighted by molar-refractivity contribution is -0.384. The predicted molar refractivity (Wildman–Crippen MR) is 141 cm³/mol. The van der Waals surface area contributed by atoms with Crippen LogP contribution >= 0.6 is 24.0 Å². The van der Waals surface area contributed by atoms with Crippen LogP contribution in [0.15, 0.2) is 77.7 Å². The molecule has 36 heavy (non-hydrogen) atoms. The Hall–Kier alpha value is -4.02. The fraction of sp³-hybridized carbons (Fsp3) is 0.115. The summed E-state index contributed by atoms with van der Waals surface area (Å²) in [6.45, 7) is 1.93. The second kappa shape index (κ2) is 10.7. The van der Waals surface area contributed by atoms with E-state index in [2.05, 4.69) is 0 Å². The van der Waals surface area contributed by atoms with E-state index in [4.69, 9.17) is 21.7 Å². The molecule has 182 valence electrons. The summed E-state index contributed by atoms with van der Waals surface area (Å²) in [6, 6.07) is 19.4. The van der Waals surface area contributed by atoms with Crippen molar-refractivity contribution in [3.8, 4) is 11.5 Å². The first-order valence-corrected chi connectivity index (χ1v) is 12.0. The zero-order chi connectivity index (χ0) is 25.8. The van der Waals surface area contributed by atoms with Crippen molar-refractivity contribution in [2.45, 2.75) is 13.0 Å². The van der Waals surface area contributed by atoms with E-state index in [1.165, 1.54) is 43.1 Å². The van der Waals surface area contributed by atoms with Crippen LogP contribution in [0.2, 0.25) is 0 Å². The van der Waals surface area contributed by atoms with Gasteiger partial charge in [0.15, 0.2) is 11.5 Å². The molecule has 10 heteroatoms. The number of nitro groups is 1. The van der Waals surface area contributed by atoms with Gasteiger partial charge in [-0.1, -0.05) is 60.4 Å². The predicted octanol–water partition coefficient (Wildman–Crippen LogP) is 5.79. The van der Waals surface area contributed by atoms with E-state index in [9.17, 15) is 19.7 Å². The Morgan fingerprint density at radius 1 is 1.08 bits per heavy atom. The molecule has 1 saturated heterocycles. The molecule has 3 aromatic carbocycles. The number of non-ortho nitro benzene ring substituents is 1. The minimum absolute atomic E-state index is 0.128. The van der Waals surface area contributed by atoms with Gasteiger partial charge in [0, 0.05) is 12.1 Å². The molecule has 0 N–H and O–H groups in total. The van der Waals surface area contributed by atoms with Gasteiger partial charge in [-0.3, -0.25) is 19.8 Å². The van der Waals surface area contributed by atoms with Crippen molar-refractivity contribution in [3.05, 3.63) is 105 Å². The number of rotatable bonds is 7. The Morgan fingerprint density at radius 3 is 2.42 bits per heavy atom. The van der Waals surface area contributed by atoms with E-state index in [1.54, 1.807) is 29.2 Å². The van der Waals surface area contributed by atoms with Gasteiger partial charge in [-0.15, -0.1) is 0 Å². The molecule has 0 radical (unpaired) electrons. The summed E-state index contributed by atoms with van der Waals surface area (Å²) in [4.78, 5) is 37.9. The molecule has 1 amide bonds. The number of nitro benzene ring substituents is 1. The van der Waals surface area contributed by atoms with Crippen molar-refractivity contribution >= 4 is 51.9 Å². The van der Waals surface area contributed by atoms with E-state index in [0.717, 1.165) is 5.56 Å². The van der Waals surface area contributed by atoms with Crippen LogP contribution in [0.5, 0.6) is 11.5 Å². The van der Waals surface area contributed by atoms with Crippen molar-refractivity contribution in [3.63, 3.8) is 0 Å². The number of ether oxygens (including phenoxy) is 2. The standard InChI is InChI=1S/C26H20N2O6S2/c1-16(18-6-4-3-5-7-18)27-24(29)23(36-26(27)35)15-17-8-13-21(22(14-17)33-2)34-25(30)19-9-11-20(12-10-19)28(31)32/h3-16H,1-2H3/b23-15+. The maximum absolute atomic E-state index is 13.1. The summed E-state index contributed by atoms with van der Waals surface area (Å²) in [5.41, 5.74) is 1.67. The molecule has 1 atom stereocenters. The quantitative estimate of drug-likeness (QED) is 0.0965. The highest BCUT2D eigenvalue weighted by Crippen LogP contribution is 2.39.